The Labute approximate surface area is 127 Å². The Bertz CT molecular complexity index is 623. The summed E-state index contributed by atoms with van der Waals surface area (Å²) in [4.78, 5) is 11.0. The van der Waals surface area contributed by atoms with E-state index in [1.165, 1.54) is 6.07 Å². The Morgan fingerprint density at radius 3 is 2.48 bits per heavy atom. The maximum Gasteiger partial charge on any atom is 0.335 e. The second-order valence-electron chi connectivity index (χ2n) is 4.30. The van der Waals surface area contributed by atoms with Gasteiger partial charge in [0.25, 0.3) is 0 Å². The zero-order chi connectivity index (χ0) is 15.2. The lowest BCUT2D eigenvalue weighted by molar-refractivity contribution is 0.0696. The highest BCUT2D eigenvalue weighted by Crippen LogP contribution is 2.23. The second kappa shape index (κ2) is 6.99. The molecule has 0 aromatic heterocycles. The number of carboxylic acid groups (broad SMARTS) is 1. The van der Waals surface area contributed by atoms with Gasteiger partial charge in [0.15, 0.2) is 0 Å². The number of carbonyl (C=O) groups is 1. The Balaban J connectivity index is 2.17. The zero-order valence-electron chi connectivity index (χ0n) is 11.5. The van der Waals surface area contributed by atoms with Crippen LogP contribution in [0.25, 0.3) is 0 Å². The highest BCUT2D eigenvalue weighted by Gasteiger charge is 2.10. The van der Waals surface area contributed by atoms with Gasteiger partial charge in [0.1, 0.15) is 18.1 Å². The zero-order valence-corrected chi connectivity index (χ0v) is 12.3. The van der Waals surface area contributed by atoms with E-state index in [1.807, 2.05) is 6.92 Å². The van der Waals surface area contributed by atoms with Gasteiger partial charge in [-0.05, 0) is 49.4 Å². The molecule has 0 spiro atoms. The second-order valence-corrected chi connectivity index (χ2v) is 4.74. The fourth-order valence-electron chi connectivity index (χ4n) is 1.81. The standard InChI is InChI=1S/C16H15ClO4/c1-2-20-15-8-3-11(16(18)19)9-12(15)10-21-14-6-4-13(17)5-7-14/h3-9H,2,10H2,1H3,(H,18,19). The van der Waals surface area contributed by atoms with E-state index in [9.17, 15) is 4.79 Å². The molecule has 0 bridgehead atoms. The number of benzene rings is 2. The minimum atomic E-state index is -0.981. The summed E-state index contributed by atoms with van der Waals surface area (Å²) in [7, 11) is 0. The van der Waals surface area contributed by atoms with E-state index in [2.05, 4.69) is 0 Å². The summed E-state index contributed by atoms with van der Waals surface area (Å²) < 4.78 is 11.1. The molecule has 5 heteroatoms. The molecule has 0 aliphatic rings. The van der Waals surface area contributed by atoms with Crippen molar-refractivity contribution in [3.63, 3.8) is 0 Å². The van der Waals surface area contributed by atoms with Gasteiger partial charge >= 0.3 is 5.97 Å². The Kier molecular flexibility index (Phi) is 5.06. The molecule has 0 aliphatic carbocycles. The smallest absolute Gasteiger partial charge is 0.335 e. The molecular weight excluding hydrogens is 292 g/mol. The fraction of sp³-hybridized carbons (Fsp3) is 0.188. The van der Waals surface area contributed by atoms with E-state index in [0.29, 0.717) is 28.7 Å². The summed E-state index contributed by atoms with van der Waals surface area (Å²) in [6.45, 7) is 2.59. The number of hydrogen-bond acceptors (Lipinski definition) is 3. The summed E-state index contributed by atoms with van der Waals surface area (Å²) in [6, 6.07) is 11.7. The quantitative estimate of drug-likeness (QED) is 0.876. The van der Waals surface area contributed by atoms with Crippen LogP contribution in [0.4, 0.5) is 0 Å². The van der Waals surface area contributed by atoms with E-state index >= 15 is 0 Å². The first-order valence-electron chi connectivity index (χ1n) is 6.47. The van der Waals surface area contributed by atoms with Gasteiger partial charge in [-0.1, -0.05) is 11.6 Å². The van der Waals surface area contributed by atoms with Gasteiger partial charge in [-0.25, -0.2) is 4.79 Å². The third-order valence-electron chi connectivity index (χ3n) is 2.82. The molecule has 0 saturated carbocycles. The van der Waals surface area contributed by atoms with Crippen LogP contribution in [0.1, 0.15) is 22.8 Å². The van der Waals surface area contributed by atoms with E-state index in [-0.39, 0.29) is 12.2 Å². The molecule has 4 nitrogen and oxygen atoms in total. The highest BCUT2D eigenvalue weighted by atomic mass is 35.5. The topological polar surface area (TPSA) is 55.8 Å². The molecule has 2 aromatic rings. The molecule has 0 radical (unpaired) electrons. The number of aromatic carboxylic acids is 1. The van der Waals surface area contributed by atoms with Crippen LogP contribution in [0, 0.1) is 0 Å². The van der Waals surface area contributed by atoms with E-state index in [4.69, 9.17) is 26.2 Å². The van der Waals surface area contributed by atoms with E-state index < -0.39 is 5.97 Å². The molecule has 1 N–H and O–H groups in total. The maximum absolute atomic E-state index is 11.0. The van der Waals surface area contributed by atoms with Crippen molar-refractivity contribution in [1.29, 1.82) is 0 Å². The largest absolute Gasteiger partial charge is 0.493 e. The number of halogens is 1. The lowest BCUT2D eigenvalue weighted by atomic mass is 10.1. The molecule has 0 atom stereocenters. The van der Waals surface area contributed by atoms with E-state index in [0.717, 1.165) is 0 Å². The molecule has 21 heavy (non-hydrogen) atoms. The molecule has 0 saturated heterocycles. The fourth-order valence-corrected chi connectivity index (χ4v) is 1.94. The van der Waals surface area contributed by atoms with Gasteiger partial charge in [0.2, 0.25) is 0 Å². The van der Waals surface area contributed by atoms with Gasteiger partial charge < -0.3 is 14.6 Å². The van der Waals surface area contributed by atoms with Gasteiger partial charge in [-0.3, -0.25) is 0 Å². The number of rotatable bonds is 6. The summed E-state index contributed by atoms with van der Waals surface area (Å²) >= 11 is 5.81. The molecule has 2 aromatic carbocycles. The number of hydrogen-bond donors (Lipinski definition) is 1. The molecule has 0 fully saturated rings. The lowest BCUT2D eigenvalue weighted by Gasteiger charge is -2.12. The SMILES string of the molecule is CCOc1ccc(C(=O)O)cc1COc1ccc(Cl)cc1. The van der Waals surface area contributed by atoms with Crippen molar-refractivity contribution in [3.8, 4) is 11.5 Å². The third-order valence-corrected chi connectivity index (χ3v) is 3.07. The van der Waals surface area contributed by atoms with Crippen LogP contribution < -0.4 is 9.47 Å². The first-order chi connectivity index (χ1) is 10.1. The maximum atomic E-state index is 11.0. The van der Waals surface area contributed by atoms with Gasteiger partial charge in [0.05, 0.1) is 12.2 Å². The van der Waals surface area contributed by atoms with Crippen LogP contribution in [-0.4, -0.2) is 17.7 Å². The van der Waals surface area contributed by atoms with Crippen molar-refractivity contribution in [2.45, 2.75) is 13.5 Å². The average Bonchev–Trinajstić information content (AvgIpc) is 2.48. The van der Waals surface area contributed by atoms with Crippen LogP contribution in [0.5, 0.6) is 11.5 Å². The van der Waals surface area contributed by atoms with Crippen LogP contribution >= 0.6 is 11.6 Å². The molecule has 2 rings (SSSR count). The molecular formula is C16H15ClO4. The Morgan fingerprint density at radius 2 is 1.86 bits per heavy atom. The van der Waals surface area contributed by atoms with Crippen molar-refractivity contribution in [1.82, 2.24) is 0 Å². The minimum absolute atomic E-state index is 0.202. The third kappa shape index (κ3) is 4.13. The van der Waals surface area contributed by atoms with Crippen molar-refractivity contribution in [2.75, 3.05) is 6.61 Å². The monoisotopic (exact) mass is 306 g/mol. The summed E-state index contributed by atoms with van der Waals surface area (Å²) in [5.74, 6) is 0.296. The normalized spacial score (nSPS) is 10.2. The number of carboxylic acids is 1. The van der Waals surface area contributed by atoms with Crippen molar-refractivity contribution >= 4 is 17.6 Å². The predicted octanol–water partition coefficient (Wildman–Crippen LogP) is 4.02. The first-order valence-corrected chi connectivity index (χ1v) is 6.85. The van der Waals surface area contributed by atoms with Crippen LogP contribution in [0.15, 0.2) is 42.5 Å². The van der Waals surface area contributed by atoms with Crippen LogP contribution in [0.3, 0.4) is 0 Å². The van der Waals surface area contributed by atoms with Crippen molar-refractivity contribution < 1.29 is 19.4 Å². The Hall–Kier alpha value is -2.20. The van der Waals surface area contributed by atoms with Gasteiger partial charge in [-0.2, -0.15) is 0 Å². The minimum Gasteiger partial charge on any atom is -0.493 e. The molecule has 0 aliphatic heterocycles. The summed E-state index contributed by atoms with van der Waals surface area (Å²) in [6.07, 6.45) is 0. The molecule has 110 valence electrons. The van der Waals surface area contributed by atoms with Crippen molar-refractivity contribution in [3.05, 3.63) is 58.6 Å². The van der Waals surface area contributed by atoms with Crippen molar-refractivity contribution in [2.24, 2.45) is 0 Å². The summed E-state index contributed by atoms with van der Waals surface area (Å²) in [5.41, 5.74) is 0.889. The highest BCUT2D eigenvalue weighted by molar-refractivity contribution is 6.30. The Morgan fingerprint density at radius 1 is 1.14 bits per heavy atom. The number of ether oxygens (including phenoxy) is 2. The summed E-state index contributed by atoms with van der Waals surface area (Å²) in [5, 5.41) is 9.68. The lowest BCUT2D eigenvalue weighted by Crippen LogP contribution is -2.04. The average molecular weight is 307 g/mol. The molecule has 0 heterocycles. The van der Waals surface area contributed by atoms with Gasteiger partial charge in [0, 0.05) is 10.6 Å². The van der Waals surface area contributed by atoms with Gasteiger partial charge in [-0.15, -0.1) is 0 Å². The van der Waals surface area contributed by atoms with Crippen LogP contribution in [-0.2, 0) is 6.61 Å². The van der Waals surface area contributed by atoms with E-state index in [1.54, 1.807) is 36.4 Å². The van der Waals surface area contributed by atoms with Crippen LogP contribution in [0.2, 0.25) is 5.02 Å². The first kappa shape index (κ1) is 15.2. The molecule has 0 amide bonds. The molecule has 0 unspecified atom stereocenters. The predicted molar refractivity (Wildman–Crippen MR) is 80.4 cm³/mol.